The van der Waals surface area contributed by atoms with Gasteiger partial charge in [0.15, 0.2) is 0 Å². The minimum absolute atomic E-state index is 0.00359. The molecule has 1 aromatic heterocycles. The van der Waals surface area contributed by atoms with Gasteiger partial charge < -0.3 is 19.7 Å². The first kappa shape index (κ1) is 24.8. The van der Waals surface area contributed by atoms with Crippen LogP contribution in [0.2, 0.25) is 0 Å². The van der Waals surface area contributed by atoms with Crippen molar-refractivity contribution in [1.82, 2.24) is 19.7 Å². The molecule has 0 spiro atoms. The fourth-order valence-corrected chi connectivity index (χ4v) is 5.79. The lowest BCUT2D eigenvalue weighted by Gasteiger charge is -2.33. The fourth-order valence-electron chi connectivity index (χ4n) is 5.79. The maximum atomic E-state index is 13.3. The molecule has 2 fully saturated rings. The van der Waals surface area contributed by atoms with Gasteiger partial charge in [-0.2, -0.15) is 0 Å². The van der Waals surface area contributed by atoms with Crippen molar-refractivity contribution in [2.75, 3.05) is 40.3 Å². The molecule has 0 aromatic carbocycles. The fraction of sp³-hybridized carbons (Fsp3) is 0.769. The van der Waals surface area contributed by atoms with Gasteiger partial charge in [0.1, 0.15) is 0 Å². The van der Waals surface area contributed by atoms with E-state index in [4.69, 9.17) is 0 Å². The molecule has 1 saturated heterocycles. The van der Waals surface area contributed by atoms with E-state index < -0.39 is 0 Å². The van der Waals surface area contributed by atoms with E-state index >= 15 is 0 Å². The van der Waals surface area contributed by atoms with Crippen LogP contribution >= 0.6 is 0 Å². The largest absolute Gasteiger partial charge is 0.355 e. The lowest BCUT2D eigenvalue weighted by molar-refractivity contribution is -0.126. The second-order valence-corrected chi connectivity index (χ2v) is 11.1. The molecule has 1 saturated carbocycles. The van der Waals surface area contributed by atoms with Crippen LogP contribution < -0.4 is 5.32 Å². The van der Waals surface area contributed by atoms with Crippen LogP contribution in [0.4, 0.5) is 0 Å². The van der Waals surface area contributed by atoms with Crippen molar-refractivity contribution < 1.29 is 9.59 Å². The number of hydrogen-bond donors (Lipinski definition) is 1. The van der Waals surface area contributed by atoms with Crippen molar-refractivity contribution in [3.05, 3.63) is 23.0 Å². The highest BCUT2D eigenvalue weighted by molar-refractivity contribution is 5.96. The van der Waals surface area contributed by atoms with E-state index in [1.807, 2.05) is 4.90 Å². The summed E-state index contributed by atoms with van der Waals surface area (Å²) < 4.78 is 2.40. The van der Waals surface area contributed by atoms with Crippen molar-refractivity contribution in [3.8, 4) is 0 Å². The number of nitrogens with one attached hydrogen (secondary N) is 1. The minimum Gasteiger partial charge on any atom is -0.355 e. The van der Waals surface area contributed by atoms with Gasteiger partial charge in [-0.05, 0) is 65.1 Å². The molecule has 1 aliphatic heterocycles. The number of aromatic nitrogens is 1. The standard InChI is InChI=1S/C26H44N4O2/c1-19-16-23(20(2)30(19)22-10-8-7-9-11-22)25(32)29-14-12-21(13-15-29)24(31)27-17-26(3,4)18-28(5)6/h16,21-22H,7-15,17-18H2,1-6H3,(H,27,31). The molecule has 2 amide bonds. The Morgan fingerprint density at radius 3 is 2.28 bits per heavy atom. The second-order valence-electron chi connectivity index (χ2n) is 11.1. The molecule has 32 heavy (non-hydrogen) atoms. The average molecular weight is 445 g/mol. The highest BCUT2D eigenvalue weighted by atomic mass is 16.2. The molecule has 3 rings (SSSR count). The van der Waals surface area contributed by atoms with Gasteiger partial charge in [-0.1, -0.05) is 33.1 Å². The Hall–Kier alpha value is -1.82. The molecule has 180 valence electrons. The lowest BCUT2D eigenvalue weighted by atomic mass is 9.91. The zero-order chi connectivity index (χ0) is 23.5. The third kappa shape index (κ3) is 5.94. The van der Waals surface area contributed by atoms with Crippen LogP contribution in [0, 0.1) is 25.2 Å². The first-order valence-electron chi connectivity index (χ1n) is 12.5. The van der Waals surface area contributed by atoms with Gasteiger partial charge in [0, 0.05) is 49.5 Å². The van der Waals surface area contributed by atoms with Crippen molar-refractivity contribution in [2.24, 2.45) is 11.3 Å². The summed E-state index contributed by atoms with van der Waals surface area (Å²) in [6.45, 7) is 11.5. The first-order valence-corrected chi connectivity index (χ1v) is 12.5. The van der Waals surface area contributed by atoms with Gasteiger partial charge in [0.2, 0.25) is 5.91 Å². The third-order valence-corrected chi connectivity index (χ3v) is 7.29. The molecule has 1 aliphatic carbocycles. The zero-order valence-corrected chi connectivity index (χ0v) is 21.2. The molecule has 0 unspecified atom stereocenters. The molecule has 1 aromatic rings. The van der Waals surface area contributed by atoms with Crippen LogP contribution in [0.1, 0.15) is 86.6 Å². The Labute approximate surface area is 194 Å². The number of amides is 2. The predicted octanol–water partition coefficient (Wildman–Crippen LogP) is 4.17. The van der Waals surface area contributed by atoms with E-state index in [2.05, 4.69) is 62.6 Å². The first-order chi connectivity index (χ1) is 15.1. The molecule has 6 nitrogen and oxygen atoms in total. The summed E-state index contributed by atoms with van der Waals surface area (Å²) in [6, 6.07) is 2.62. The highest BCUT2D eigenvalue weighted by Crippen LogP contribution is 2.33. The minimum atomic E-state index is 0.00359. The van der Waals surface area contributed by atoms with Gasteiger partial charge in [0.25, 0.3) is 5.91 Å². The Kier molecular flexibility index (Phi) is 8.07. The monoisotopic (exact) mass is 444 g/mol. The highest BCUT2D eigenvalue weighted by Gasteiger charge is 2.31. The molecular weight excluding hydrogens is 400 g/mol. The molecule has 2 aliphatic rings. The normalized spacial score (nSPS) is 18.9. The van der Waals surface area contributed by atoms with Crippen molar-refractivity contribution in [2.45, 2.75) is 78.7 Å². The van der Waals surface area contributed by atoms with E-state index in [9.17, 15) is 9.59 Å². The molecule has 1 N–H and O–H groups in total. The van der Waals surface area contributed by atoms with Crippen LogP contribution in [0.25, 0.3) is 0 Å². The number of piperidine rings is 1. The summed E-state index contributed by atoms with van der Waals surface area (Å²) >= 11 is 0. The number of aryl methyl sites for hydroxylation is 1. The van der Waals surface area contributed by atoms with Crippen molar-refractivity contribution in [1.29, 1.82) is 0 Å². The van der Waals surface area contributed by atoms with Gasteiger partial charge in [-0.3, -0.25) is 9.59 Å². The van der Waals surface area contributed by atoms with Crippen LogP contribution in [0.5, 0.6) is 0 Å². The number of rotatable bonds is 7. The van der Waals surface area contributed by atoms with E-state index in [-0.39, 0.29) is 23.1 Å². The van der Waals surface area contributed by atoms with E-state index in [0.29, 0.717) is 25.7 Å². The lowest BCUT2D eigenvalue weighted by Crippen LogP contribution is -2.46. The Morgan fingerprint density at radius 1 is 1.06 bits per heavy atom. The number of likely N-dealkylation sites (tertiary alicyclic amines) is 1. The molecule has 6 heteroatoms. The molecule has 0 bridgehead atoms. The summed E-state index contributed by atoms with van der Waals surface area (Å²) in [5.74, 6) is 0.273. The zero-order valence-electron chi connectivity index (χ0n) is 21.2. The topological polar surface area (TPSA) is 57.6 Å². The number of carbonyl (C=O) groups excluding carboxylic acids is 2. The van der Waals surface area contributed by atoms with Gasteiger partial charge >= 0.3 is 0 Å². The maximum absolute atomic E-state index is 13.3. The number of nitrogens with zero attached hydrogens (tertiary/aromatic N) is 3. The molecular formula is C26H44N4O2. The quantitative estimate of drug-likeness (QED) is 0.687. The summed E-state index contributed by atoms with van der Waals surface area (Å²) in [5, 5.41) is 3.16. The van der Waals surface area contributed by atoms with Crippen LogP contribution in [0.3, 0.4) is 0 Å². The van der Waals surface area contributed by atoms with Crippen LogP contribution in [-0.2, 0) is 4.79 Å². The summed E-state index contributed by atoms with van der Waals surface area (Å²) in [6.07, 6.45) is 7.82. The number of hydrogen-bond acceptors (Lipinski definition) is 3. The predicted molar refractivity (Wildman–Crippen MR) is 130 cm³/mol. The van der Waals surface area contributed by atoms with E-state index in [1.54, 1.807) is 0 Å². The SMILES string of the molecule is Cc1cc(C(=O)N2CCC(C(=O)NCC(C)(C)CN(C)C)CC2)c(C)n1C1CCCCC1. The Morgan fingerprint density at radius 2 is 1.69 bits per heavy atom. The maximum Gasteiger partial charge on any atom is 0.255 e. The van der Waals surface area contributed by atoms with E-state index in [0.717, 1.165) is 30.6 Å². The third-order valence-electron chi connectivity index (χ3n) is 7.29. The number of carbonyl (C=O) groups is 2. The van der Waals surface area contributed by atoms with Gasteiger partial charge in [0.05, 0.1) is 5.56 Å². The van der Waals surface area contributed by atoms with Crippen LogP contribution in [0.15, 0.2) is 6.07 Å². The average Bonchev–Trinajstić information content (AvgIpc) is 3.05. The van der Waals surface area contributed by atoms with Crippen LogP contribution in [-0.4, -0.2) is 66.5 Å². The van der Waals surface area contributed by atoms with Crippen molar-refractivity contribution in [3.63, 3.8) is 0 Å². The van der Waals surface area contributed by atoms with Crippen molar-refractivity contribution >= 4 is 11.8 Å². The molecule has 0 atom stereocenters. The summed E-state index contributed by atoms with van der Waals surface area (Å²) in [5.41, 5.74) is 3.20. The smallest absolute Gasteiger partial charge is 0.255 e. The summed E-state index contributed by atoms with van der Waals surface area (Å²) in [7, 11) is 4.12. The summed E-state index contributed by atoms with van der Waals surface area (Å²) in [4.78, 5) is 30.1. The Balaban J connectivity index is 1.55. The second kappa shape index (κ2) is 10.4. The van der Waals surface area contributed by atoms with Gasteiger partial charge in [-0.25, -0.2) is 0 Å². The molecule has 2 heterocycles. The van der Waals surface area contributed by atoms with E-state index in [1.165, 1.54) is 37.8 Å². The molecule has 0 radical (unpaired) electrons. The van der Waals surface area contributed by atoms with Gasteiger partial charge in [-0.15, -0.1) is 0 Å². The Bertz CT molecular complexity index is 797.